The van der Waals surface area contributed by atoms with Gasteiger partial charge in [0.05, 0.1) is 0 Å². The normalized spacial score (nSPS) is 19.1. The van der Waals surface area contributed by atoms with Gasteiger partial charge in [-0.1, -0.05) is 50.6 Å². The van der Waals surface area contributed by atoms with Gasteiger partial charge in [-0.05, 0) is 35.4 Å². The van der Waals surface area contributed by atoms with E-state index >= 15 is 0 Å². The van der Waals surface area contributed by atoms with Crippen molar-refractivity contribution < 1.29 is 0 Å². The lowest BCUT2D eigenvalue weighted by Gasteiger charge is -2.14. The molecule has 0 bridgehead atoms. The highest BCUT2D eigenvalue weighted by molar-refractivity contribution is 5.66. The molecule has 0 radical (unpaired) electrons. The third-order valence-electron chi connectivity index (χ3n) is 3.05. The second kappa shape index (κ2) is 3.27. The number of rotatable bonds is 1. The predicted octanol–water partition coefficient (Wildman–Crippen LogP) is 4.25. The van der Waals surface area contributed by atoms with Crippen LogP contribution in [0.1, 0.15) is 54.9 Å². The number of allylic oxidation sites excluding steroid dienone is 1. The fraction of sp³-hybridized carbons (Fsp3) is 0.429. The van der Waals surface area contributed by atoms with Gasteiger partial charge in [0.1, 0.15) is 0 Å². The lowest BCUT2D eigenvalue weighted by Crippen LogP contribution is -1.97. The fourth-order valence-corrected chi connectivity index (χ4v) is 2.25. The molecule has 74 valence electrons. The fourth-order valence-electron chi connectivity index (χ4n) is 2.25. The smallest absolute Gasteiger partial charge is 0.0000970 e. The third kappa shape index (κ3) is 1.39. The molecule has 1 aromatic carbocycles. The van der Waals surface area contributed by atoms with Crippen LogP contribution in [0.4, 0.5) is 0 Å². The summed E-state index contributed by atoms with van der Waals surface area (Å²) in [5.74, 6) is 1.22. The van der Waals surface area contributed by atoms with Crippen LogP contribution in [-0.2, 0) is 0 Å². The third-order valence-corrected chi connectivity index (χ3v) is 3.05. The average Bonchev–Trinajstić information content (AvgIpc) is 2.47. The highest BCUT2D eigenvalue weighted by Crippen LogP contribution is 2.35. The molecule has 1 unspecified atom stereocenters. The van der Waals surface area contributed by atoms with E-state index in [-0.39, 0.29) is 0 Å². The molecule has 0 fully saturated rings. The van der Waals surface area contributed by atoms with Crippen molar-refractivity contribution >= 4 is 6.08 Å². The number of hydrogen-bond donors (Lipinski definition) is 0. The summed E-state index contributed by atoms with van der Waals surface area (Å²) in [5, 5.41) is 0. The van der Waals surface area contributed by atoms with Crippen molar-refractivity contribution in [3.63, 3.8) is 0 Å². The zero-order chi connectivity index (χ0) is 10.3. The van der Waals surface area contributed by atoms with Crippen molar-refractivity contribution in [3.8, 4) is 0 Å². The van der Waals surface area contributed by atoms with Gasteiger partial charge in [0.15, 0.2) is 0 Å². The Labute approximate surface area is 86.7 Å². The van der Waals surface area contributed by atoms with Crippen LogP contribution in [0, 0.1) is 6.92 Å². The van der Waals surface area contributed by atoms with Gasteiger partial charge in [-0.25, -0.2) is 0 Å². The molecular weight excluding hydrogens is 168 g/mol. The molecule has 1 aliphatic rings. The molecule has 0 aromatic heterocycles. The molecule has 2 rings (SSSR count). The first-order chi connectivity index (χ1) is 6.59. The van der Waals surface area contributed by atoms with E-state index in [0.717, 1.165) is 0 Å². The van der Waals surface area contributed by atoms with Crippen LogP contribution >= 0.6 is 0 Å². The van der Waals surface area contributed by atoms with E-state index in [1.54, 1.807) is 0 Å². The molecule has 0 N–H and O–H groups in total. The van der Waals surface area contributed by atoms with Gasteiger partial charge < -0.3 is 0 Å². The molecule has 1 aliphatic carbocycles. The maximum absolute atomic E-state index is 2.33. The van der Waals surface area contributed by atoms with Crippen molar-refractivity contribution in [1.82, 2.24) is 0 Å². The highest BCUT2D eigenvalue weighted by Gasteiger charge is 2.17. The number of benzene rings is 1. The minimum atomic E-state index is 0.599. The van der Waals surface area contributed by atoms with Gasteiger partial charge in [0.2, 0.25) is 0 Å². The van der Waals surface area contributed by atoms with E-state index in [1.165, 1.54) is 22.3 Å². The summed E-state index contributed by atoms with van der Waals surface area (Å²) in [6.07, 6.45) is 4.59. The van der Waals surface area contributed by atoms with Crippen molar-refractivity contribution in [2.75, 3.05) is 0 Å². The van der Waals surface area contributed by atoms with Gasteiger partial charge in [-0.15, -0.1) is 0 Å². The first-order valence-electron chi connectivity index (χ1n) is 5.42. The Balaban J connectivity index is 2.62. The summed E-state index contributed by atoms with van der Waals surface area (Å²) < 4.78 is 0. The van der Waals surface area contributed by atoms with Crippen molar-refractivity contribution in [3.05, 3.63) is 40.5 Å². The number of aryl methyl sites for hydroxylation is 1. The van der Waals surface area contributed by atoms with Crippen LogP contribution in [0.2, 0.25) is 0 Å². The number of hydrogen-bond acceptors (Lipinski definition) is 0. The maximum atomic E-state index is 2.33. The van der Waals surface area contributed by atoms with Crippen molar-refractivity contribution in [2.45, 2.75) is 39.5 Å². The zero-order valence-electron chi connectivity index (χ0n) is 9.46. The number of fused-ring (bicyclic) bond motifs is 1. The van der Waals surface area contributed by atoms with E-state index in [9.17, 15) is 0 Å². The monoisotopic (exact) mass is 186 g/mol. The summed E-state index contributed by atoms with van der Waals surface area (Å²) in [6.45, 7) is 9.00. The Morgan fingerprint density at radius 1 is 1.21 bits per heavy atom. The topological polar surface area (TPSA) is 0 Å². The first kappa shape index (κ1) is 9.51. The standard InChI is InChI=1S/C14H18/c1-9(2)13-7-10(3)8-14-11(4)5-6-12(13)14/h5-9,11H,1-4H3. The van der Waals surface area contributed by atoms with Gasteiger partial charge in [-0.2, -0.15) is 0 Å². The molecule has 0 saturated carbocycles. The summed E-state index contributed by atoms with van der Waals surface area (Å²) in [4.78, 5) is 0. The molecule has 0 heterocycles. The van der Waals surface area contributed by atoms with Crippen LogP contribution in [0.25, 0.3) is 6.08 Å². The van der Waals surface area contributed by atoms with Crippen molar-refractivity contribution in [2.24, 2.45) is 0 Å². The van der Waals surface area contributed by atoms with E-state index in [2.05, 4.69) is 52.0 Å². The summed E-state index contributed by atoms with van der Waals surface area (Å²) >= 11 is 0. The molecule has 0 heteroatoms. The van der Waals surface area contributed by atoms with E-state index < -0.39 is 0 Å². The van der Waals surface area contributed by atoms with Gasteiger partial charge >= 0.3 is 0 Å². The molecule has 14 heavy (non-hydrogen) atoms. The Bertz CT molecular complexity index is 383. The SMILES string of the molecule is Cc1cc(C(C)C)c2c(c1)C(C)C=C2. The first-order valence-corrected chi connectivity index (χ1v) is 5.42. The molecule has 1 atom stereocenters. The quantitative estimate of drug-likeness (QED) is 0.615. The van der Waals surface area contributed by atoms with Crippen LogP contribution in [0.15, 0.2) is 18.2 Å². The largest absolute Gasteiger partial charge is 0.0766 e. The zero-order valence-corrected chi connectivity index (χ0v) is 9.46. The molecule has 0 amide bonds. The van der Waals surface area contributed by atoms with Crippen LogP contribution in [-0.4, -0.2) is 0 Å². The van der Waals surface area contributed by atoms with E-state index in [1.807, 2.05) is 0 Å². The van der Waals surface area contributed by atoms with Crippen LogP contribution in [0.3, 0.4) is 0 Å². The lowest BCUT2D eigenvalue weighted by atomic mass is 9.91. The van der Waals surface area contributed by atoms with Gasteiger partial charge in [0, 0.05) is 0 Å². The predicted molar refractivity (Wildman–Crippen MR) is 62.7 cm³/mol. The molecule has 0 aliphatic heterocycles. The van der Waals surface area contributed by atoms with Gasteiger partial charge in [-0.3, -0.25) is 0 Å². The summed E-state index contributed by atoms with van der Waals surface area (Å²) in [5.41, 5.74) is 5.87. The summed E-state index contributed by atoms with van der Waals surface area (Å²) in [7, 11) is 0. The minimum absolute atomic E-state index is 0.599. The molecule has 1 aromatic rings. The van der Waals surface area contributed by atoms with Gasteiger partial charge in [0.25, 0.3) is 0 Å². The second-order valence-corrected chi connectivity index (χ2v) is 4.66. The Hall–Kier alpha value is -1.04. The Morgan fingerprint density at radius 3 is 2.57 bits per heavy atom. The molecule has 0 spiro atoms. The molecule has 0 nitrogen and oxygen atoms in total. The summed E-state index contributed by atoms with van der Waals surface area (Å²) in [6, 6.07) is 4.65. The van der Waals surface area contributed by atoms with Crippen LogP contribution < -0.4 is 0 Å². The second-order valence-electron chi connectivity index (χ2n) is 4.66. The molecule has 0 saturated heterocycles. The highest BCUT2D eigenvalue weighted by atomic mass is 14.2. The average molecular weight is 186 g/mol. The minimum Gasteiger partial charge on any atom is -0.0766 e. The maximum Gasteiger partial charge on any atom is -0.0000970 e. The van der Waals surface area contributed by atoms with E-state index in [0.29, 0.717) is 11.8 Å². The Morgan fingerprint density at radius 2 is 1.93 bits per heavy atom. The van der Waals surface area contributed by atoms with Crippen LogP contribution in [0.5, 0.6) is 0 Å². The Kier molecular flexibility index (Phi) is 2.22. The van der Waals surface area contributed by atoms with Crippen molar-refractivity contribution in [1.29, 1.82) is 0 Å². The lowest BCUT2D eigenvalue weighted by molar-refractivity contribution is 0.855. The van der Waals surface area contributed by atoms with E-state index in [4.69, 9.17) is 0 Å². The molecular formula is C14H18.